The lowest BCUT2D eigenvalue weighted by atomic mass is 9.50. The Labute approximate surface area is 294 Å². The number of hydrogen-bond acceptors (Lipinski definition) is 9. The number of fused-ring (bicyclic) bond motifs is 2. The zero-order valence-electron chi connectivity index (χ0n) is 31.7. The number of carbonyl (C=O) groups excluding carboxylic acids is 5. The smallest absolute Gasteiger partial charge is 0.347 e. The summed E-state index contributed by atoms with van der Waals surface area (Å²) >= 11 is 0. The maximum Gasteiger partial charge on any atom is 0.347 e. The Morgan fingerprint density at radius 2 is 1.18 bits per heavy atom. The summed E-state index contributed by atoms with van der Waals surface area (Å²) < 4.78 is 20.0. The fourth-order valence-electron chi connectivity index (χ4n) is 9.34. The van der Waals surface area contributed by atoms with Crippen molar-refractivity contribution in [2.24, 2.45) is 71.0 Å². The summed E-state index contributed by atoms with van der Waals surface area (Å²) in [5.41, 5.74) is -0.145. The van der Waals surface area contributed by atoms with Crippen molar-refractivity contribution in [3.8, 4) is 0 Å². The van der Waals surface area contributed by atoms with Crippen LogP contribution in [-0.2, 0) is 42.9 Å². The molecule has 9 heteroatoms. The van der Waals surface area contributed by atoms with Crippen LogP contribution >= 0.6 is 0 Å². The van der Waals surface area contributed by atoms with Crippen molar-refractivity contribution in [1.29, 1.82) is 0 Å². The van der Waals surface area contributed by atoms with Gasteiger partial charge in [0.05, 0.1) is 30.3 Å². The first-order chi connectivity index (χ1) is 23.1. The highest BCUT2D eigenvalue weighted by molar-refractivity contribution is 5.95. The van der Waals surface area contributed by atoms with Crippen LogP contribution in [0.15, 0.2) is 0 Å². The Kier molecular flexibility index (Phi) is 13.4. The maximum absolute atomic E-state index is 12.1. The third kappa shape index (κ3) is 9.08. The van der Waals surface area contributed by atoms with Gasteiger partial charge in [0, 0.05) is 6.42 Å². The summed E-state index contributed by atoms with van der Waals surface area (Å²) in [6.07, 6.45) is 12.7. The first-order valence-corrected chi connectivity index (χ1v) is 19.4. The monoisotopic (exact) mass is 688 g/mol. The van der Waals surface area contributed by atoms with Gasteiger partial charge >= 0.3 is 29.8 Å². The summed E-state index contributed by atoms with van der Waals surface area (Å²) in [6.45, 7) is 18.6. The van der Waals surface area contributed by atoms with E-state index in [0.717, 1.165) is 48.3 Å². The lowest BCUT2D eigenvalue weighted by molar-refractivity contribution is -0.206. The predicted molar refractivity (Wildman–Crippen MR) is 184 cm³/mol. The average Bonchev–Trinajstić information content (AvgIpc) is 3.84. The Hall–Kier alpha value is -2.45. The molecule has 9 nitrogen and oxygen atoms in total. The number of ether oxygens (including phenoxy) is 4. The van der Waals surface area contributed by atoms with E-state index in [-0.39, 0.29) is 41.2 Å². The van der Waals surface area contributed by atoms with E-state index in [0.29, 0.717) is 24.9 Å². The van der Waals surface area contributed by atoms with Crippen LogP contribution in [0.3, 0.4) is 0 Å². The van der Waals surface area contributed by atoms with Crippen LogP contribution in [0.2, 0.25) is 0 Å². The van der Waals surface area contributed by atoms with Crippen LogP contribution in [0.4, 0.5) is 0 Å². The molecule has 6 saturated carbocycles. The van der Waals surface area contributed by atoms with Gasteiger partial charge < -0.3 is 18.9 Å². The molecular formula is C40H64O9. The van der Waals surface area contributed by atoms with Crippen molar-refractivity contribution < 1.29 is 42.9 Å². The molecule has 6 aliphatic carbocycles. The molecule has 9 atom stereocenters. The first-order valence-electron chi connectivity index (χ1n) is 19.4. The van der Waals surface area contributed by atoms with E-state index >= 15 is 0 Å². The quantitative estimate of drug-likeness (QED) is 0.157. The van der Waals surface area contributed by atoms with Gasteiger partial charge in [-0.25, -0.2) is 4.79 Å². The van der Waals surface area contributed by atoms with Gasteiger partial charge in [-0.2, -0.15) is 0 Å². The van der Waals surface area contributed by atoms with Crippen LogP contribution in [0.25, 0.3) is 0 Å². The van der Waals surface area contributed by atoms with Crippen molar-refractivity contribution in [3.63, 3.8) is 0 Å². The minimum atomic E-state index is -0.665. The molecule has 2 aliphatic heterocycles. The van der Waals surface area contributed by atoms with Crippen molar-refractivity contribution in [2.75, 3.05) is 6.61 Å². The lowest BCUT2D eigenvalue weighted by Crippen LogP contribution is -2.58. The van der Waals surface area contributed by atoms with Crippen LogP contribution in [0, 0.1) is 71.0 Å². The number of esters is 5. The summed E-state index contributed by atoms with van der Waals surface area (Å²) in [5.74, 6) is 5.38. The van der Waals surface area contributed by atoms with Crippen molar-refractivity contribution >= 4 is 29.8 Å². The molecule has 9 unspecified atom stereocenters. The SMILES string of the molecule is CC1C(=O)OC(=O)C1C.CC1C2CCC(C2)C1C.CCC(C)C(=O)OC1(C)C2CC3CC(C2)CC1C3.CCC(C)C(=O)OC1CCOC1=O. The highest BCUT2D eigenvalue weighted by atomic mass is 16.6. The Balaban J connectivity index is 0.000000154. The van der Waals surface area contributed by atoms with Crippen LogP contribution < -0.4 is 0 Å². The minimum absolute atomic E-state index is 0.0347. The van der Waals surface area contributed by atoms with E-state index in [1.165, 1.54) is 44.9 Å². The molecule has 2 saturated heterocycles. The zero-order valence-corrected chi connectivity index (χ0v) is 31.7. The maximum atomic E-state index is 12.1. The Bertz CT molecular complexity index is 1130. The second-order valence-electron chi connectivity index (χ2n) is 16.8. The lowest BCUT2D eigenvalue weighted by Gasteiger charge is -2.59. The molecule has 0 N–H and O–H groups in total. The second-order valence-corrected chi connectivity index (χ2v) is 16.8. The van der Waals surface area contributed by atoms with E-state index < -0.39 is 24.0 Å². The summed E-state index contributed by atoms with van der Waals surface area (Å²) in [5, 5.41) is 0. The molecule has 49 heavy (non-hydrogen) atoms. The average molecular weight is 689 g/mol. The van der Waals surface area contributed by atoms with Crippen LogP contribution in [-0.4, -0.2) is 48.2 Å². The predicted octanol–water partition coefficient (Wildman–Crippen LogP) is 7.71. The highest BCUT2D eigenvalue weighted by Crippen LogP contribution is 2.59. The third-order valence-electron chi connectivity index (χ3n) is 13.8. The molecule has 6 bridgehead atoms. The molecule has 0 aromatic rings. The van der Waals surface area contributed by atoms with Crippen molar-refractivity contribution in [2.45, 2.75) is 145 Å². The molecule has 278 valence electrons. The fourth-order valence-corrected chi connectivity index (χ4v) is 9.34. The van der Waals surface area contributed by atoms with Crippen molar-refractivity contribution in [1.82, 2.24) is 0 Å². The van der Waals surface area contributed by atoms with Crippen molar-refractivity contribution in [3.05, 3.63) is 0 Å². The molecule has 0 radical (unpaired) electrons. The molecule has 0 aromatic carbocycles. The van der Waals surface area contributed by atoms with Crippen LogP contribution in [0.5, 0.6) is 0 Å². The summed E-state index contributed by atoms with van der Waals surface area (Å²) in [6, 6.07) is 0. The van der Waals surface area contributed by atoms with Gasteiger partial charge in [-0.3, -0.25) is 19.2 Å². The van der Waals surface area contributed by atoms with Gasteiger partial charge in [0.15, 0.2) is 0 Å². The molecule has 0 aromatic heterocycles. The molecule has 0 amide bonds. The second kappa shape index (κ2) is 16.7. The van der Waals surface area contributed by atoms with E-state index in [2.05, 4.69) is 37.2 Å². The Morgan fingerprint density at radius 3 is 1.53 bits per heavy atom. The fraction of sp³-hybridized carbons (Fsp3) is 0.875. The standard InChI is InChI=1S/C16H26O2.C9H14O4.C9H16.C6H8O3/c1-4-10(2)15(17)18-16(3)13-6-11-5-12(8-13)9-14(16)7-11;1-3-6(2)8(10)13-7-4-5-12-9(7)11;1-6-7(2)9-4-3-8(6)5-9;1-3-4(2)6(8)9-5(3)7/h10-14H,4-9H2,1-3H3;6-7H,3-5H2,1-2H3;6-9H,3-5H2,1-2H3;3-4H,1-2H3. The van der Waals surface area contributed by atoms with Gasteiger partial charge in [0.25, 0.3) is 0 Å². The van der Waals surface area contributed by atoms with E-state index in [9.17, 15) is 24.0 Å². The van der Waals surface area contributed by atoms with E-state index in [1.54, 1.807) is 27.2 Å². The first kappa shape index (κ1) is 39.3. The summed E-state index contributed by atoms with van der Waals surface area (Å²) in [7, 11) is 0. The minimum Gasteiger partial charge on any atom is -0.463 e. The molecule has 8 fully saturated rings. The number of hydrogen-bond donors (Lipinski definition) is 0. The third-order valence-corrected chi connectivity index (χ3v) is 13.8. The van der Waals surface area contributed by atoms with Gasteiger partial charge in [-0.05, 0) is 118 Å². The molecule has 0 spiro atoms. The zero-order chi connectivity index (χ0) is 36.2. The van der Waals surface area contributed by atoms with Gasteiger partial charge in [-0.1, -0.05) is 55.4 Å². The number of rotatable bonds is 6. The highest BCUT2D eigenvalue weighted by Gasteiger charge is 2.57. The molecule has 8 rings (SSSR count). The topological polar surface area (TPSA) is 122 Å². The van der Waals surface area contributed by atoms with Crippen LogP contribution in [0.1, 0.15) is 133 Å². The van der Waals surface area contributed by atoms with Gasteiger partial charge in [-0.15, -0.1) is 0 Å². The van der Waals surface area contributed by atoms with E-state index in [1.807, 2.05) is 13.8 Å². The normalized spacial score (nSPS) is 40.4. The molecule has 8 aliphatic rings. The van der Waals surface area contributed by atoms with Gasteiger partial charge in [0.2, 0.25) is 6.10 Å². The van der Waals surface area contributed by atoms with E-state index in [4.69, 9.17) is 9.47 Å². The molecule has 2 heterocycles. The number of carbonyl (C=O) groups is 5. The largest absolute Gasteiger partial charge is 0.463 e. The number of cyclic esters (lactones) is 3. The molecular weight excluding hydrogens is 624 g/mol. The summed E-state index contributed by atoms with van der Waals surface area (Å²) in [4.78, 5) is 55.4. The van der Waals surface area contributed by atoms with Gasteiger partial charge in [0.1, 0.15) is 5.60 Å². The Morgan fingerprint density at radius 1 is 0.714 bits per heavy atom.